The van der Waals surface area contributed by atoms with E-state index in [0.29, 0.717) is 5.41 Å². The zero-order valence-electron chi connectivity index (χ0n) is 16.9. The second-order valence-corrected chi connectivity index (χ2v) is 22.4. The van der Waals surface area contributed by atoms with Crippen LogP contribution in [0, 0.1) is 5.92 Å². The number of benzene rings is 1. The third-order valence-electron chi connectivity index (χ3n) is 7.12. The number of hydrogen-bond donors (Lipinski definition) is 0. The average Bonchev–Trinajstić information content (AvgIpc) is 3.19. The fourth-order valence-corrected chi connectivity index (χ4v) is 28.0. The van der Waals surface area contributed by atoms with Crippen LogP contribution in [0.15, 0.2) is 30.3 Å². The molecule has 1 aliphatic rings. The second kappa shape index (κ2) is 9.10. The zero-order valence-corrected chi connectivity index (χ0v) is 19.8. The van der Waals surface area contributed by atoms with Gasteiger partial charge in [0.2, 0.25) is 0 Å². The molecule has 0 unspecified atom stereocenters. The summed E-state index contributed by atoms with van der Waals surface area (Å²) in [6, 6.07) is 11.5. The Hall–Kier alpha value is 0.0187. The first kappa shape index (κ1) is 20.3. The van der Waals surface area contributed by atoms with Crippen molar-refractivity contribution in [3.8, 4) is 0 Å². The van der Waals surface area contributed by atoms with Gasteiger partial charge in [0.25, 0.3) is 0 Å². The van der Waals surface area contributed by atoms with Crippen molar-refractivity contribution < 1.29 is 0 Å². The predicted molar refractivity (Wildman–Crippen MR) is 112 cm³/mol. The molecule has 1 saturated carbocycles. The Labute approximate surface area is 155 Å². The molecule has 0 amide bonds. The summed E-state index contributed by atoms with van der Waals surface area (Å²) in [6.07, 6.45) is 8.66. The fraction of sp³-hybridized carbons (Fsp3) is 0.739. The van der Waals surface area contributed by atoms with Gasteiger partial charge in [-0.15, -0.1) is 0 Å². The number of rotatable bonds is 11. The van der Waals surface area contributed by atoms with Crippen LogP contribution in [0.25, 0.3) is 0 Å². The van der Waals surface area contributed by atoms with Gasteiger partial charge in [-0.05, 0) is 0 Å². The normalized spacial score (nSPS) is 26.5. The molecular weight excluding hydrogens is 395 g/mol. The van der Waals surface area contributed by atoms with E-state index in [1.807, 2.05) is 0 Å². The van der Waals surface area contributed by atoms with Crippen molar-refractivity contribution in [3.05, 3.63) is 35.9 Å². The first-order valence-corrected chi connectivity index (χ1v) is 18.3. The Morgan fingerprint density at radius 1 is 0.833 bits per heavy atom. The molecule has 1 fully saturated rings. The van der Waals surface area contributed by atoms with E-state index in [-0.39, 0.29) is 0 Å². The summed E-state index contributed by atoms with van der Waals surface area (Å²) in [7, 11) is 0. The molecule has 24 heavy (non-hydrogen) atoms. The maximum atomic E-state index is 2.60. The van der Waals surface area contributed by atoms with Crippen LogP contribution in [0.1, 0.15) is 78.7 Å². The third-order valence-corrected chi connectivity index (χ3v) is 25.6. The van der Waals surface area contributed by atoms with Crippen LogP contribution in [0.4, 0.5) is 0 Å². The van der Waals surface area contributed by atoms with Gasteiger partial charge < -0.3 is 0 Å². The van der Waals surface area contributed by atoms with Gasteiger partial charge in [-0.25, -0.2) is 0 Å². The Bertz CT molecular complexity index is 458. The summed E-state index contributed by atoms with van der Waals surface area (Å²) >= 11 is -2.12. The van der Waals surface area contributed by atoms with Crippen LogP contribution >= 0.6 is 0 Å². The molecule has 1 heteroatoms. The van der Waals surface area contributed by atoms with Crippen molar-refractivity contribution in [2.75, 3.05) is 0 Å². The predicted octanol–water partition coefficient (Wildman–Crippen LogP) is 7.81. The van der Waals surface area contributed by atoms with Gasteiger partial charge in [0.15, 0.2) is 0 Å². The Morgan fingerprint density at radius 3 is 1.71 bits per heavy atom. The molecule has 0 aromatic heterocycles. The first-order valence-electron chi connectivity index (χ1n) is 10.6. The molecule has 0 radical (unpaired) electrons. The quantitative estimate of drug-likeness (QED) is 0.311. The van der Waals surface area contributed by atoms with E-state index < -0.39 is 18.4 Å². The van der Waals surface area contributed by atoms with Crippen molar-refractivity contribution in [3.63, 3.8) is 0 Å². The van der Waals surface area contributed by atoms with Gasteiger partial charge in [-0.2, -0.15) is 0 Å². The SMILES string of the molecule is CCC[CH2][Sn]([CH2]CCC)([CH2]CCC)[C@H]1[C@H](C)[C@]1(C)c1ccccc1. The maximum absolute atomic E-state index is 2.60. The Kier molecular flexibility index (Phi) is 7.71. The standard InChI is InChI=1S/C11H13.3C4H9.Sn/c1-9-8-11(9,2)10-6-4-3-5-7-10;3*1-3-4-2;/h3-9H,1-2H3;3*1,3-4H2,2H3;/t9-,11+;;;;/m0..../s1. The van der Waals surface area contributed by atoms with Gasteiger partial charge in [-0.1, -0.05) is 0 Å². The first-order chi connectivity index (χ1) is 11.6. The molecule has 0 aliphatic heterocycles. The molecule has 1 aromatic rings. The van der Waals surface area contributed by atoms with E-state index >= 15 is 0 Å². The Balaban J connectivity index is 2.31. The van der Waals surface area contributed by atoms with Crippen molar-refractivity contribution in [2.24, 2.45) is 5.92 Å². The van der Waals surface area contributed by atoms with Crippen LogP contribution in [0.5, 0.6) is 0 Å². The summed E-state index contributed by atoms with van der Waals surface area (Å²) in [5.41, 5.74) is 2.13. The summed E-state index contributed by atoms with van der Waals surface area (Å²) in [5.74, 6) is 0.918. The monoisotopic (exact) mass is 436 g/mol. The van der Waals surface area contributed by atoms with Crippen molar-refractivity contribution in [1.29, 1.82) is 0 Å². The zero-order chi connectivity index (χ0) is 17.6. The minimum absolute atomic E-state index is 0.493. The van der Waals surface area contributed by atoms with Crippen LogP contribution < -0.4 is 0 Å². The van der Waals surface area contributed by atoms with Gasteiger partial charge in [0, 0.05) is 0 Å². The summed E-state index contributed by atoms with van der Waals surface area (Å²) in [6.45, 7) is 12.4. The van der Waals surface area contributed by atoms with Crippen molar-refractivity contribution >= 4 is 18.4 Å². The van der Waals surface area contributed by atoms with Gasteiger partial charge in [0.05, 0.1) is 0 Å². The second-order valence-electron chi connectivity index (χ2n) is 8.59. The molecule has 1 aliphatic carbocycles. The molecule has 0 heterocycles. The fourth-order valence-electron chi connectivity index (χ4n) is 5.56. The number of unbranched alkanes of at least 4 members (excludes halogenated alkanes) is 3. The van der Waals surface area contributed by atoms with E-state index in [9.17, 15) is 0 Å². The number of hydrogen-bond acceptors (Lipinski definition) is 0. The van der Waals surface area contributed by atoms with E-state index in [1.165, 1.54) is 38.5 Å². The molecule has 0 spiro atoms. The molecule has 0 saturated heterocycles. The van der Waals surface area contributed by atoms with Crippen LogP contribution in [-0.2, 0) is 5.41 Å². The van der Waals surface area contributed by atoms with Gasteiger partial charge in [0.1, 0.15) is 0 Å². The topological polar surface area (TPSA) is 0 Å². The van der Waals surface area contributed by atoms with Crippen molar-refractivity contribution in [2.45, 2.75) is 95.8 Å². The molecule has 0 bridgehead atoms. The summed E-state index contributed by atoms with van der Waals surface area (Å²) in [5, 5.41) is 0. The Morgan fingerprint density at radius 2 is 1.29 bits per heavy atom. The van der Waals surface area contributed by atoms with Crippen LogP contribution in [0.2, 0.25) is 17.2 Å². The van der Waals surface area contributed by atoms with Crippen LogP contribution in [-0.4, -0.2) is 18.4 Å². The minimum atomic E-state index is -2.12. The van der Waals surface area contributed by atoms with E-state index in [1.54, 1.807) is 18.9 Å². The molecule has 136 valence electrons. The molecule has 0 N–H and O–H groups in total. The van der Waals surface area contributed by atoms with E-state index in [4.69, 9.17) is 0 Å². The summed E-state index contributed by atoms with van der Waals surface area (Å²) < 4.78 is 6.05. The molecule has 2 rings (SSSR count). The van der Waals surface area contributed by atoms with Crippen molar-refractivity contribution in [1.82, 2.24) is 0 Å². The van der Waals surface area contributed by atoms with E-state index in [0.717, 1.165) is 9.85 Å². The molecule has 3 atom stereocenters. The molecule has 1 aromatic carbocycles. The molecule has 0 nitrogen and oxygen atoms in total. The average molecular weight is 435 g/mol. The van der Waals surface area contributed by atoms with Crippen LogP contribution in [0.3, 0.4) is 0 Å². The third kappa shape index (κ3) is 4.05. The molecular formula is C23H40Sn. The van der Waals surface area contributed by atoms with E-state index in [2.05, 4.69) is 65.0 Å². The van der Waals surface area contributed by atoms with Gasteiger partial charge in [-0.3, -0.25) is 0 Å². The summed E-state index contributed by atoms with van der Waals surface area (Å²) in [4.78, 5) is 0. The van der Waals surface area contributed by atoms with Gasteiger partial charge >= 0.3 is 156 Å².